The molecule has 0 aliphatic heterocycles. The molecule has 0 radical (unpaired) electrons. The van der Waals surface area contributed by atoms with E-state index in [0.29, 0.717) is 0 Å². The molecule has 8 heteroatoms. The van der Waals surface area contributed by atoms with Crippen LogP contribution in [-0.4, -0.2) is 22.5 Å². The van der Waals surface area contributed by atoms with Crippen LogP contribution in [0.3, 0.4) is 0 Å². The summed E-state index contributed by atoms with van der Waals surface area (Å²) in [4.78, 5) is 0. The van der Waals surface area contributed by atoms with Crippen molar-refractivity contribution in [2.24, 2.45) is 0 Å². The third-order valence-corrected chi connectivity index (χ3v) is 2.37. The highest BCUT2D eigenvalue weighted by atomic mass is 19.4. The van der Waals surface area contributed by atoms with Gasteiger partial charge in [-0.15, -0.1) is 0 Å². The Bertz CT molecular complexity index is 490. The zero-order valence-corrected chi connectivity index (χ0v) is 11.0. The zero-order chi connectivity index (χ0) is 14.8. The van der Waals surface area contributed by atoms with Gasteiger partial charge in [0.1, 0.15) is 17.5 Å². The van der Waals surface area contributed by atoms with E-state index >= 15 is 0 Å². The summed E-state index contributed by atoms with van der Waals surface area (Å²) in [6, 6.07) is 1.85. The van der Waals surface area contributed by atoms with Crippen LogP contribution in [0, 0.1) is 11.3 Å². The largest absolute Gasteiger partial charge is 0.390 e. The fourth-order valence-corrected chi connectivity index (χ4v) is 1.50. The molecule has 0 saturated heterocycles. The Balaban J connectivity index is 2.94. The van der Waals surface area contributed by atoms with Crippen molar-refractivity contribution in [2.75, 3.05) is 17.6 Å². The van der Waals surface area contributed by atoms with Crippen LogP contribution < -0.4 is 11.1 Å². The fourth-order valence-electron chi connectivity index (χ4n) is 1.50. The Morgan fingerprint density at radius 2 is 1.95 bits per heavy atom. The summed E-state index contributed by atoms with van der Waals surface area (Å²) in [6.45, 7) is 5.14. The zero-order valence-electron chi connectivity index (χ0n) is 11.0. The molecule has 0 amide bonds. The average molecular weight is 275 g/mol. The molecule has 0 spiro atoms. The molecule has 1 rings (SSSR count). The number of nitrogens with zero attached hydrogens (tertiary/aromatic N) is 3. The van der Waals surface area contributed by atoms with E-state index in [1.54, 1.807) is 0 Å². The summed E-state index contributed by atoms with van der Waals surface area (Å²) >= 11 is 0. The van der Waals surface area contributed by atoms with E-state index in [0.717, 1.165) is 0 Å². The second-order valence-corrected chi connectivity index (χ2v) is 5.10. The van der Waals surface area contributed by atoms with E-state index in [1.165, 1.54) is 4.68 Å². The van der Waals surface area contributed by atoms with E-state index in [1.807, 2.05) is 26.8 Å². The van der Waals surface area contributed by atoms with Gasteiger partial charge in [0.05, 0.1) is 12.0 Å². The number of aromatic nitrogens is 2. The molecule has 1 aromatic heterocycles. The number of hydrogen-bond acceptors (Lipinski definition) is 4. The van der Waals surface area contributed by atoms with Crippen LogP contribution in [0.15, 0.2) is 0 Å². The van der Waals surface area contributed by atoms with Crippen molar-refractivity contribution < 1.29 is 13.2 Å². The highest BCUT2D eigenvalue weighted by Gasteiger charge is 2.27. The number of nitrogen functional groups attached to an aromatic ring is 1. The summed E-state index contributed by atoms with van der Waals surface area (Å²) in [5, 5.41) is 15.6. The molecule has 0 atom stereocenters. The smallest absolute Gasteiger partial charge is 0.383 e. The molecule has 0 saturated carbocycles. The van der Waals surface area contributed by atoms with Gasteiger partial charge in [-0.3, -0.25) is 0 Å². The quantitative estimate of drug-likeness (QED) is 0.888. The minimum absolute atomic E-state index is 0.0668. The van der Waals surface area contributed by atoms with E-state index in [2.05, 4.69) is 10.4 Å². The maximum Gasteiger partial charge on any atom is 0.390 e. The van der Waals surface area contributed by atoms with Gasteiger partial charge in [0.15, 0.2) is 5.82 Å². The third kappa shape index (κ3) is 3.77. The Labute approximate surface area is 109 Å². The molecular weight excluding hydrogens is 259 g/mol. The van der Waals surface area contributed by atoms with Gasteiger partial charge in [-0.1, -0.05) is 0 Å². The van der Waals surface area contributed by atoms with Gasteiger partial charge < -0.3 is 11.1 Å². The molecule has 0 aliphatic carbocycles. The van der Waals surface area contributed by atoms with Crippen molar-refractivity contribution in [2.45, 2.75) is 38.9 Å². The molecule has 1 aromatic rings. The predicted molar refractivity (Wildman–Crippen MR) is 65.5 cm³/mol. The maximum absolute atomic E-state index is 12.1. The first-order valence-electron chi connectivity index (χ1n) is 5.66. The number of rotatable bonds is 3. The standard InChI is InChI=1S/C11H16F3N5/c1-10(2,3)19-8(16)7(6-15)9(18-19)17-5-4-11(12,13)14/h4-5,16H2,1-3H3,(H,17,18). The van der Waals surface area contributed by atoms with Gasteiger partial charge in [-0.25, -0.2) is 4.68 Å². The van der Waals surface area contributed by atoms with Gasteiger partial charge in [0.25, 0.3) is 0 Å². The molecule has 0 unspecified atom stereocenters. The number of nitrogens with one attached hydrogen (secondary N) is 1. The van der Waals surface area contributed by atoms with Crippen LogP contribution in [0.25, 0.3) is 0 Å². The van der Waals surface area contributed by atoms with E-state index in [9.17, 15) is 13.2 Å². The van der Waals surface area contributed by atoms with Crippen molar-refractivity contribution >= 4 is 11.6 Å². The van der Waals surface area contributed by atoms with Gasteiger partial charge in [0.2, 0.25) is 0 Å². The molecule has 106 valence electrons. The molecule has 1 heterocycles. The van der Waals surface area contributed by atoms with Crippen molar-refractivity contribution in [1.29, 1.82) is 5.26 Å². The average Bonchev–Trinajstić information content (AvgIpc) is 2.52. The Morgan fingerprint density at radius 1 is 1.37 bits per heavy atom. The minimum Gasteiger partial charge on any atom is -0.383 e. The number of halogens is 3. The summed E-state index contributed by atoms with van der Waals surface area (Å²) in [7, 11) is 0. The lowest BCUT2D eigenvalue weighted by atomic mass is 10.1. The molecule has 0 bridgehead atoms. The van der Waals surface area contributed by atoms with Crippen LogP contribution in [-0.2, 0) is 5.54 Å². The van der Waals surface area contributed by atoms with Gasteiger partial charge in [-0.2, -0.15) is 23.5 Å². The minimum atomic E-state index is -4.25. The fraction of sp³-hybridized carbons (Fsp3) is 0.636. The van der Waals surface area contributed by atoms with Crippen LogP contribution in [0.5, 0.6) is 0 Å². The van der Waals surface area contributed by atoms with Crippen LogP contribution >= 0.6 is 0 Å². The molecule has 0 fully saturated rings. The first kappa shape index (κ1) is 15.1. The lowest BCUT2D eigenvalue weighted by Crippen LogP contribution is -2.25. The highest BCUT2D eigenvalue weighted by molar-refractivity contribution is 5.64. The first-order chi connectivity index (χ1) is 8.56. The summed E-state index contributed by atoms with van der Waals surface area (Å²) in [6.07, 6.45) is -5.25. The van der Waals surface area contributed by atoms with Gasteiger partial charge >= 0.3 is 6.18 Å². The maximum atomic E-state index is 12.1. The number of alkyl halides is 3. The van der Waals surface area contributed by atoms with Crippen LogP contribution in [0.4, 0.5) is 24.8 Å². The van der Waals surface area contributed by atoms with Crippen LogP contribution in [0.1, 0.15) is 32.8 Å². The van der Waals surface area contributed by atoms with Crippen molar-refractivity contribution in [3.63, 3.8) is 0 Å². The number of anilines is 2. The normalized spacial score (nSPS) is 12.3. The molecular formula is C11H16F3N5. The molecule has 0 aromatic carbocycles. The molecule has 5 nitrogen and oxygen atoms in total. The summed E-state index contributed by atoms with van der Waals surface area (Å²) in [5.74, 6) is 0.226. The summed E-state index contributed by atoms with van der Waals surface area (Å²) in [5.41, 5.74) is 5.38. The lowest BCUT2D eigenvalue weighted by molar-refractivity contribution is -0.131. The van der Waals surface area contributed by atoms with Crippen molar-refractivity contribution in [3.05, 3.63) is 5.56 Å². The highest BCUT2D eigenvalue weighted by Crippen LogP contribution is 2.27. The second kappa shape index (κ2) is 4.99. The topological polar surface area (TPSA) is 79.7 Å². The van der Waals surface area contributed by atoms with E-state index in [-0.39, 0.29) is 23.7 Å². The van der Waals surface area contributed by atoms with Crippen molar-refractivity contribution in [1.82, 2.24) is 9.78 Å². The molecule has 3 N–H and O–H groups in total. The van der Waals surface area contributed by atoms with E-state index < -0.39 is 18.1 Å². The van der Waals surface area contributed by atoms with Gasteiger partial charge in [0, 0.05) is 6.54 Å². The Hall–Kier alpha value is -1.91. The van der Waals surface area contributed by atoms with Crippen molar-refractivity contribution in [3.8, 4) is 6.07 Å². The first-order valence-corrected chi connectivity index (χ1v) is 5.66. The number of nitrogens with two attached hydrogens (primary N) is 1. The Kier molecular flexibility index (Phi) is 3.98. The van der Waals surface area contributed by atoms with Crippen LogP contribution in [0.2, 0.25) is 0 Å². The monoisotopic (exact) mass is 275 g/mol. The Morgan fingerprint density at radius 3 is 2.37 bits per heavy atom. The number of nitriles is 1. The SMILES string of the molecule is CC(C)(C)n1nc(NCCC(F)(F)F)c(C#N)c1N. The molecule has 19 heavy (non-hydrogen) atoms. The van der Waals surface area contributed by atoms with Gasteiger partial charge in [-0.05, 0) is 20.8 Å². The third-order valence-electron chi connectivity index (χ3n) is 2.37. The van der Waals surface area contributed by atoms with E-state index in [4.69, 9.17) is 11.0 Å². The molecule has 0 aliphatic rings. The second-order valence-electron chi connectivity index (χ2n) is 5.10. The lowest BCUT2D eigenvalue weighted by Gasteiger charge is -2.20. The summed E-state index contributed by atoms with van der Waals surface area (Å²) < 4.78 is 37.6. The number of hydrogen-bond donors (Lipinski definition) is 2. The predicted octanol–water partition coefficient (Wildman–Crippen LogP) is 2.46.